The van der Waals surface area contributed by atoms with Crippen LogP contribution in [0.1, 0.15) is 22.3 Å². The number of carbonyl (C=O) groups is 2. The molecule has 152 valence electrons. The van der Waals surface area contributed by atoms with Crippen LogP contribution in [-0.4, -0.2) is 25.0 Å². The van der Waals surface area contributed by atoms with E-state index in [0.29, 0.717) is 28.6 Å². The van der Waals surface area contributed by atoms with E-state index in [0.717, 1.165) is 24.1 Å². The lowest BCUT2D eigenvalue weighted by molar-refractivity contribution is -0.118. The van der Waals surface area contributed by atoms with Gasteiger partial charge in [0.2, 0.25) is 0 Å². The van der Waals surface area contributed by atoms with Crippen molar-refractivity contribution in [2.24, 2.45) is 0 Å². The van der Waals surface area contributed by atoms with Gasteiger partial charge in [-0.25, -0.2) is 0 Å². The van der Waals surface area contributed by atoms with Crippen molar-refractivity contribution in [3.8, 4) is 5.75 Å². The summed E-state index contributed by atoms with van der Waals surface area (Å²) in [6, 6.07) is 21.7. The standard InChI is InChI=1S/C24H21ClN2O3/c25-19-9-12-21(13-10-19)30-16-23(28)26-20-11-8-17-7-4-14-27(22(17)15-20)24(29)18-5-2-1-3-6-18/h1-3,5-6,8-13,15H,4,7,14,16H2,(H,26,28). The predicted molar refractivity (Wildman–Crippen MR) is 118 cm³/mol. The average Bonchev–Trinajstić information content (AvgIpc) is 2.78. The van der Waals surface area contributed by atoms with Crippen LogP contribution in [0.5, 0.6) is 5.75 Å². The Kier molecular flexibility index (Phi) is 6.00. The zero-order chi connectivity index (χ0) is 20.9. The number of anilines is 2. The molecule has 0 saturated heterocycles. The Bertz CT molecular complexity index is 1050. The van der Waals surface area contributed by atoms with Crippen molar-refractivity contribution in [1.29, 1.82) is 0 Å². The Morgan fingerprint density at radius 1 is 1.00 bits per heavy atom. The quantitative estimate of drug-likeness (QED) is 0.635. The molecule has 30 heavy (non-hydrogen) atoms. The molecule has 0 unspecified atom stereocenters. The minimum Gasteiger partial charge on any atom is -0.484 e. The van der Waals surface area contributed by atoms with Crippen LogP contribution in [0, 0.1) is 0 Å². The Labute approximate surface area is 180 Å². The molecule has 0 saturated carbocycles. The van der Waals surface area contributed by atoms with Gasteiger partial charge < -0.3 is 15.0 Å². The van der Waals surface area contributed by atoms with E-state index < -0.39 is 0 Å². The maximum atomic E-state index is 13.0. The van der Waals surface area contributed by atoms with Crippen LogP contribution in [0.2, 0.25) is 5.02 Å². The molecule has 0 spiro atoms. The highest BCUT2D eigenvalue weighted by Crippen LogP contribution is 2.31. The number of aryl methyl sites for hydroxylation is 1. The Morgan fingerprint density at radius 3 is 2.53 bits per heavy atom. The van der Waals surface area contributed by atoms with Crippen molar-refractivity contribution >= 4 is 34.8 Å². The summed E-state index contributed by atoms with van der Waals surface area (Å²) in [4.78, 5) is 27.1. The van der Waals surface area contributed by atoms with Gasteiger partial charge in [0.25, 0.3) is 11.8 Å². The van der Waals surface area contributed by atoms with Gasteiger partial charge in [0.05, 0.1) is 0 Å². The molecule has 2 amide bonds. The minimum atomic E-state index is -0.276. The molecular formula is C24H21ClN2O3. The van der Waals surface area contributed by atoms with Crippen molar-refractivity contribution in [3.63, 3.8) is 0 Å². The van der Waals surface area contributed by atoms with Gasteiger partial charge in [0.15, 0.2) is 6.61 Å². The summed E-state index contributed by atoms with van der Waals surface area (Å²) in [5.74, 6) is 0.257. The highest BCUT2D eigenvalue weighted by atomic mass is 35.5. The lowest BCUT2D eigenvalue weighted by atomic mass is 10.00. The van der Waals surface area contributed by atoms with Crippen LogP contribution >= 0.6 is 11.6 Å². The molecule has 4 rings (SSSR count). The number of hydrogen-bond acceptors (Lipinski definition) is 3. The van der Waals surface area contributed by atoms with Gasteiger partial charge in [0, 0.05) is 28.5 Å². The van der Waals surface area contributed by atoms with E-state index in [4.69, 9.17) is 16.3 Å². The first-order valence-corrected chi connectivity index (χ1v) is 10.2. The van der Waals surface area contributed by atoms with E-state index in [1.165, 1.54) is 0 Å². The summed E-state index contributed by atoms with van der Waals surface area (Å²) >= 11 is 5.85. The molecule has 0 radical (unpaired) electrons. The number of benzene rings is 3. The molecule has 5 nitrogen and oxygen atoms in total. The van der Waals surface area contributed by atoms with Crippen molar-refractivity contribution in [1.82, 2.24) is 0 Å². The molecule has 1 aliphatic rings. The van der Waals surface area contributed by atoms with Gasteiger partial charge >= 0.3 is 0 Å². The number of halogens is 1. The number of carbonyl (C=O) groups excluding carboxylic acids is 2. The third-order valence-corrected chi connectivity index (χ3v) is 5.19. The van der Waals surface area contributed by atoms with Gasteiger partial charge in [-0.3, -0.25) is 9.59 Å². The van der Waals surface area contributed by atoms with Crippen LogP contribution in [0.15, 0.2) is 72.8 Å². The normalized spacial score (nSPS) is 12.8. The summed E-state index contributed by atoms with van der Waals surface area (Å²) in [7, 11) is 0. The number of amides is 2. The smallest absolute Gasteiger partial charge is 0.262 e. The van der Waals surface area contributed by atoms with Crippen LogP contribution < -0.4 is 15.0 Å². The zero-order valence-electron chi connectivity index (χ0n) is 16.3. The Morgan fingerprint density at radius 2 is 1.77 bits per heavy atom. The molecule has 0 fully saturated rings. The largest absolute Gasteiger partial charge is 0.484 e. The lowest BCUT2D eigenvalue weighted by Gasteiger charge is -2.30. The number of rotatable bonds is 5. The van der Waals surface area contributed by atoms with Crippen LogP contribution in [-0.2, 0) is 11.2 Å². The minimum absolute atomic E-state index is 0.0360. The molecular weight excluding hydrogens is 400 g/mol. The molecule has 6 heteroatoms. The number of nitrogens with zero attached hydrogens (tertiary/aromatic N) is 1. The molecule has 0 aliphatic carbocycles. The summed E-state index contributed by atoms with van der Waals surface area (Å²) in [6.45, 7) is 0.531. The van der Waals surface area contributed by atoms with E-state index in [2.05, 4.69) is 5.32 Å². The van der Waals surface area contributed by atoms with Gasteiger partial charge in [-0.05, 0) is 66.9 Å². The number of ether oxygens (including phenoxy) is 1. The molecule has 1 N–H and O–H groups in total. The first kappa shape index (κ1) is 20.0. The second-order valence-corrected chi connectivity index (χ2v) is 7.50. The third kappa shape index (κ3) is 4.63. The SMILES string of the molecule is O=C(COc1ccc(Cl)cc1)Nc1ccc2c(c1)N(C(=O)c1ccccc1)CCC2. The molecule has 1 aliphatic heterocycles. The van der Waals surface area contributed by atoms with E-state index in [-0.39, 0.29) is 18.4 Å². The second-order valence-electron chi connectivity index (χ2n) is 7.06. The van der Waals surface area contributed by atoms with E-state index in [9.17, 15) is 9.59 Å². The fraction of sp³-hybridized carbons (Fsp3) is 0.167. The summed E-state index contributed by atoms with van der Waals surface area (Å²) in [6.07, 6.45) is 1.81. The molecule has 0 aromatic heterocycles. The first-order valence-electron chi connectivity index (χ1n) is 9.78. The monoisotopic (exact) mass is 420 g/mol. The summed E-state index contributed by atoms with van der Waals surface area (Å²) in [5.41, 5.74) is 3.22. The van der Waals surface area contributed by atoms with E-state index >= 15 is 0 Å². The molecule has 3 aromatic rings. The Hall–Kier alpha value is -3.31. The fourth-order valence-electron chi connectivity index (χ4n) is 3.48. The van der Waals surface area contributed by atoms with Gasteiger partial charge in [-0.2, -0.15) is 0 Å². The molecule has 0 bridgehead atoms. The number of fused-ring (bicyclic) bond motifs is 1. The van der Waals surface area contributed by atoms with Crippen molar-refractivity contribution in [2.75, 3.05) is 23.4 Å². The number of hydrogen-bond donors (Lipinski definition) is 1. The Balaban J connectivity index is 1.46. The predicted octanol–water partition coefficient (Wildman–Crippen LogP) is 4.95. The van der Waals surface area contributed by atoms with E-state index in [1.807, 2.05) is 48.5 Å². The highest BCUT2D eigenvalue weighted by Gasteiger charge is 2.24. The van der Waals surface area contributed by atoms with Crippen LogP contribution in [0.3, 0.4) is 0 Å². The topological polar surface area (TPSA) is 58.6 Å². The summed E-state index contributed by atoms with van der Waals surface area (Å²) in [5, 5.41) is 3.45. The lowest BCUT2D eigenvalue weighted by Crippen LogP contribution is -2.35. The summed E-state index contributed by atoms with van der Waals surface area (Å²) < 4.78 is 5.49. The molecule has 3 aromatic carbocycles. The maximum Gasteiger partial charge on any atom is 0.262 e. The van der Waals surface area contributed by atoms with Gasteiger partial charge in [-0.1, -0.05) is 35.9 Å². The average molecular weight is 421 g/mol. The number of nitrogens with one attached hydrogen (secondary N) is 1. The van der Waals surface area contributed by atoms with Crippen molar-refractivity contribution < 1.29 is 14.3 Å². The molecule has 0 atom stereocenters. The van der Waals surface area contributed by atoms with E-state index in [1.54, 1.807) is 29.2 Å². The van der Waals surface area contributed by atoms with Crippen LogP contribution in [0.4, 0.5) is 11.4 Å². The van der Waals surface area contributed by atoms with Crippen LogP contribution in [0.25, 0.3) is 0 Å². The first-order chi connectivity index (χ1) is 14.6. The van der Waals surface area contributed by atoms with Crippen molar-refractivity contribution in [2.45, 2.75) is 12.8 Å². The van der Waals surface area contributed by atoms with Crippen molar-refractivity contribution in [3.05, 3.63) is 88.9 Å². The van der Waals surface area contributed by atoms with Gasteiger partial charge in [-0.15, -0.1) is 0 Å². The highest BCUT2D eigenvalue weighted by molar-refractivity contribution is 6.30. The molecule has 1 heterocycles. The zero-order valence-corrected chi connectivity index (χ0v) is 17.1. The maximum absolute atomic E-state index is 13.0. The van der Waals surface area contributed by atoms with Gasteiger partial charge in [0.1, 0.15) is 5.75 Å². The second kappa shape index (κ2) is 9.01. The fourth-order valence-corrected chi connectivity index (χ4v) is 3.60. The third-order valence-electron chi connectivity index (χ3n) is 4.94.